The summed E-state index contributed by atoms with van der Waals surface area (Å²) in [4.78, 5) is 27.2. The van der Waals surface area contributed by atoms with Crippen LogP contribution in [0.5, 0.6) is 5.75 Å². The number of imide groups is 1. The van der Waals surface area contributed by atoms with E-state index in [1.807, 2.05) is 38.1 Å². The molecule has 2 amide bonds. The Morgan fingerprint density at radius 2 is 1.53 bits per heavy atom. The van der Waals surface area contributed by atoms with Crippen molar-refractivity contribution in [1.82, 2.24) is 9.62 Å². The molecule has 32 heavy (non-hydrogen) atoms. The van der Waals surface area contributed by atoms with E-state index in [9.17, 15) is 18.0 Å². The number of nitrogens with zero attached hydrogens (tertiary/aromatic N) is 2. The van der Waals surface area contributed by atoms with Crippen molar-refractivity contribution < 1.29 is 22.7 Å². The molecule has 0 spiro atoms. The highest BCUT2D eigenvalue weighted by Crippen LogP contribution is 2.25. The van der Waals surface area contributed by atoms with Gasteiger partial charge >= 0.3 is 0 Å². The van der Waals surface area contributed by atoms with Crippen LogP contribution < -0.4 is 14.4 Å². The van der Waals surface area contributed by atoms with E-state index in [1.54, 1.807) is 7.11 Å². The maximum atomic E-state index is 12.9. The van der Waals surface area contributed by atoms with Gasteiger partial charge in [-0.1, -0.05) is 26.0 Å². The van der Waals surface area contributed by atoms with Crippen LogP contribution in [-0.2, 0) is 19.6 Å². The van der Waals surface area contributed by atoms with Gasteiger partial charge in [0.1, 0.15) is 5.75 Å². The second-order valence-corrected chi connectivity index (χ2v) is 9.25. The SMILES string of the molecule is CCN(CC)C(CNS(=O)(=O)c1ccc(N2C(=O)CCC2=O)cc1)c1ccc(OC)cc1. The minimum absolute atomic E-state index is 0.0772. The molecular weight excluding hydrogens is 430 g/mol. The molecule has 1 N–H and O–H groups in total. The van der Waals surface area contributed by atoms with E-state index in [0.717, 1.165) is 29.3 Å². The molecule has 0 radical (unpaired) electrons. The first-order valence-electron chi connectivity index (χ1n) is 10.6. The number of rotatable bonds is 10. The largest absolute Gasteiger partial charge is 0.497 e. The fourth-order valence-electron chi connectivity index (χ4n) is 3.86. The number of ether oxygens (including phenoxy) is 1. The van der Waals surface area contributed by atoms with Gasteiger partial charge in [-0.2, -0.15) is 0 Å². The van der Waals surface area contributed by atoms with Gasteiger partial charge in [0.2, 0.25) is 21.8 Å². The summed E-state index contributed by atoms with van der Waals surface area (Å²) in [6, 6.07) is 13.3. The molecule has 1 aliphatic heterocycles. The van der Waals surface area contributed by atoms with Gasteiger partial charge < -0.3 is 4.74 Å². The number of nitrogens with one attached hydrogen (secondary N) is 1. The number of likely N-dealkylation sites (N-methyl/N-ethyl adjacent to an activating group) is 1. The third-order valence-corrected chi connectivity index (χ3v) is 7.12. The molecule has 1 fully saturated rings. The third kappa shape index (κ3) is 5.17. The summed E-state index contributed by atoms with van der Waals surface area (Å²) < 4.78 is 33.8. The predicted molar refractivity (Wildman–Crippen MR) is 122 cm³/mol. The molecule has 8 nitrogen and oxygen atoms in total. The molecule has 2 aromatic rings. The number of hydrogen-bond acceptors (Lipinski definition) is 6. The van der Waals surface area contributed by atoms with Crippen molar-refractivity contribution in [3.63, 3.8) is 0 Å². The number of carbonyl (C=O) groups excluding carboxylic acids is 2. The second kappa shape index (κ2) is 10.2. The molecule has 1 aliphatic rings. The van der Waals surface area contributed by atoms with Crippen LogP contribution in [0.3, 0.4) is 0 Å². The van der Waals surface area contributed by atoms with Gasteiger partial charge in [0.15, 0.2) is 0 Å². The third-order valence-electron chi connectivity index (χ3n) is 5.68. The molecular formula is C23H29N3O5S. The molecule has 0 aliphatic carbocycles. The predicted octanol–water partition coefficient (Wildman–Crippen LogP) is 2.71. The van der Waals surface area contributed by atoms with Crippen molar-refractivity contribution >= 4 is 27.5 Å². The Balaban J connectivity index is 1.77. The van der Waals surface area contributed by atoms with E-state index in [-0.39, 0.29) is 42.1 Å². The van der Waals surface area contributed by atoms with Crippen LogP contribution >= 0.6 is 0 Å². The molecule has 1 saturated heterocycles. The first-order valence-corrected chi connectivity index (χ1v) is 12.1. The van der Waals surface area contributed by atoms with Crippen LogP contribution in [0.1, 0.15) is 38.3 Å². The summed E-state index contributed by atoms with van der Waals surface area (Å²) in [5, 5.41) is 0. The van der Waals surface area contributed by atoms with Crippen LogP contribution in [0.4, 0.5) is 5.69 Å². The topological polar surface area (TPSA) is 96.0 Å². The normalized spacial score (nSPS) is 15.4. The van der Waals surface area contributed by atoms with Gasteiger partial charge in [-0.15, -0.1) is 0 Å². The number of sulfonamides is 1. The maximum absolute atomic E-state index is 12.9. The molecule has 1 unspecified atom stereocenters. The summed E-state index contributed by atoms with van der Waals surface area (Å²) in [7, 11) is -2.18. The van der Waals surface area contributed by atoms with Crippen molar-refractivity contribution in [2.24, 2.45) is 0 Å². The fourth-order valence-corrected chi connectivity index (χ4v) is 4.90. The Morgan fingerprint density at radius 1 is 0.969 bits per heavy atom. The van der Waals surface area contributed by atoms with Crippen molar-refractivity contribution in [2.75, 3.05) is 31.6 Å². The Morgan fingerprint density at radius 3 is 2.03 bits per heavy atom. The molecule has 0 saturated carbocycles. The quantitative estimate of drug-likeness (QED) is 0.549. The zero-order valence-corrected chi connectivity index (χ0v) is 19.4. The Kier molecular flexibility index (Phi) is 7.65. The molecule has 2 aromatic carbocycles. The lowest BCUT2D eigenvalue weighted by Crippen LogP contribution is -2.38. The molecule has 0 aromatic heterocycles. The Bertz CT molecular complexity index is 1030. The van der Waals surface area contributed by atoms with E-state index in [2.05, 4.69) is 9.62 Å². The zero-order valence-electron chi connectivity index (χ0n) is 18.6. The Hall–Kier alpha value is -2.75. The second-order valence-electron chi connectivity index (χ2n) is 7.48. The lowest BCUT2D eigenvalue weighted by atomic mass is 10.1. The average Bonchev–Trinajstić information content (AvgIpc) is 3.14. The van der Waals surface area contributed by atoms with Crippen molar-refractivity contribution in [3.05, 3.63) is 54.1 Å². The van der Waals surface area contributed by atoms with Crippen LogP contribution in [0.15, 0.2) is 53.4 Å². The average molecular weight is 460 g/mol. The van der Waals surface area contributed by atoms with E-state index < -0.39 is 10.0 Å². The number of carbonyl (C=O) groups is 2. The summed E-state index contributed by atoms with van der Waals surface area (Å²) in [6.07, 6.45) is 0.358. The highest BCUT2D eigenvalue weighted by molar-refractivity contribution is 7.89. The molecule has 0 bridgehead atoms. The van der Waals surface area contributed by atoms with Crippen molar-refractivity contribution in [1.29, 1.82) is 0 Å². The summed E-state index contributed by atoms with van der Waals surface area (Å²) >= 11 is 0. The van der Waals surface area contributed by atoms with Crippen LogP contribution in [0, 0.1) is 0 Å². The summed E-state index contributed by atoms with van der Waals surface area (Å²) in [5.74, 6) is 0.193. The van der Waals surface area contributed by atoms with Crippen molar-refractivity contribution in [2.45, 2.75) is 37.6 Å². The number of anilines is 1. The lowest BCUT2D eigenvalue weighted by Gasteiger charge is -2.30. The molecule has 1 atom stereocenters. The summed E-state index contributed by atoms with van der Waals surface area (Å²) in [5.41, 5.74) is 1.37. The summed E-state index contributed by atoms with van der Waals surface area (Å²) in [6.45, 7) is 5.80. The smallest absolute Gasteiger partial charge is 0.240 e. The standard InChI is InChI=1S/C23H29N3O5S/c1-4-25(5-2)21(17-6-10-19(31-3)11-7-17)16-24-32(29,30)20-12-8-18(9-13-20)26-22(27)14-15-23(26)28/h6-13,21,24H,4-5,14-16H2,1-3H3. The highest BCUT2D eigenvalue weighted by Gasteiger charge is 2.30. The van der Waals surface area contributed by atoms with E-state index in [1.165, 1.54) is 24.3 Å². The number of methoxy groups -OCH3 is 1. The molecule has 3 rings (SSSR count). The van der Waals surface area contributed by atoms with Gasteiger partial charge in [-0.25, -0.2) is 13.1 Å². The van der Waals surface area contributed by atoms with Crippen molar-refractivity contribution in [3.8, 4) is 5.75 Å². The fraction of sp³-hybridized carbons (Fsp3) is 0.391. The molecule has 1 heterocycles. The Labute approximate surface area is 189 Å². The first kappa shape index (κ1) is 23.9. The number of hydrogen-bond donors (Lipinski definition) is 1. The maximum Gasteiger partial charge on any atom is 0.240 e. The van der Waals surface area contributed by atoms with E-state index in [4.69, 9.17) is 4.74 Å². The van der Waals surface area contributed by atoms with E-state index in [0.29, 0.717) is 5.69 Å². The van der Waals surface area contributed by atoms with Gasteiger partial charge in [0, 0.05) is 25.4 Å². The van der Waals surface area contributed by atoms with Gasteiger partial charge in [-0.3, -0.25) is 19.4 Å². The monoisotopic (exact) mass is 459 g/mol. The van der Waals surface area contributed by atoms with Crippen LogP contribution in [-0.4, -0.2) is 51.9 Å². The zero-order chi connectivity index (χ0) is 23.3. The minimum Gasteiger partial charge on any atom is -0.497 e. The molecule has 9 heteroatoms. The van der Waals surface area contributed by atoms with Crippen LogP contribution in [0.2, 0.25) is 0 Å². The number of amides is 2. The van der Waals surface area contributed by atoms with Gasteiger partial charge in [0.05, 0.1) is 17.7 Å². The van der Waals surface area contributed by atoms with E-state index >= 15 is 0 Å². The minimum atomic E-state index is -3.78. The van der Waals surface area contributed by atoms with Gasteiger partial charge in [0.25, 0.3) is 0 Å². The number of benzene rings is 2. The highest BCUT2D eigenvalue weighted by atomic mass is 32.2. The lowest BCUT2D eigenvalue weighted by molar-refractivity contribution is -0.121. The van der Waals surface area contributed by atoms with Gasteiger partial charge in [-0.05, 0) is 55.1 Å². The first-order chi connectivity index (χ1) is 15.3. The van der Waals surface area contributed by atoms with Crippen LogP contribution in [0.25, 0.3) is 0 Å². The molecule has 172 valence electrons.